The van der Waals surface area contributed by atoms with Gasteiger partial charge in [-0.25, -0.2) is 4.98 Å². The van der Waals surface area contributed by atoms with Crippen molar-refractivity contribution in [2.45, 2.75) is 59.2 Å². The van der Waals surface area contributed by atoms with Crippen molar-refractivity contribution in [3.8, 4) is 11.8 Å². The van der Waals surface area contributed by atoms with Crippen LogP contribution in [0.1, 0.15) is 59.3 Å². The molecule has 2 aromatic heterocycles. The first-order chi connectivity index (χ1) is 13.0. The third-order valence-corrected chi connectivity index (χ3v) is 10.8. The van der Waals surface area contributed by atoms with Gasteiger partial charge in [-0.2, -0.15) is 0 Å². The van der Waals surface area contributed by atoms with Crippen molar-refractivity contribution in [2.24, 2.45) is 0 Å². The van der Waals surface area contributed by atoms with Crippen molar-refractivity contribution in [1.29, 1.82) is 0 Å². The van der Waals surface area contributed by atoms with Crippen molar-refractivity contribution in [2.75, 3.05) is 6.61 Å². The molecule has 0 spiro atoms. The molecule has 5 nitrogen and oxygen atoms in total. The second-order valence-electron chi connectivity index (χ2n) is 8.03. The molecule has 0 aliphatic rings. The zero-order chi connectivity index (χ0) is 21.1. The Bertz CT molecular complexity index is 939. The van der Waals surface area contributed by atoms with Gasteiger partial charge in [0.2, 0.25) is 5.78 Å². The maximum atomic E-state index is 12.7. The predicted molar refractivity (Wildman–Crippen MR) is 117 cm³/mol. The Kier molecular flexibility index (Phi) is 7.15. The van der Waals surface area contributed by atoms with Crippen LogP contribution in [0.5, 0.6) is 0 Å². The zero-order valence-corrected chi connectivity index (χ0v) is 20.0. The first-order valence-electron chi connectivity index (χ1n) is 9.13. The Labute approximate surface area is 177 Å². The summed E-state index contributed by atoms with van der Waals surface area (Å²) < 4.78 is 6.09. The highest BCUT2D eigenvalue weighted by Crippen LogP contribution is 2.36. The van der Waals surface area contributed by atoms with Gasteiger partial charge in [0.15, 0.2) is 18.5 Å². The third-order valence-electron chi connectivity index (χ3n) is 4.90. The van der Waals surface area contributed by atoms with Gasteiger partial charge in [-0.1, -0.05) is 51.1 Å². The molecule has 0 aliphatic carbocycles. The van der Waals surface area contributed by atoms with Crippen LogP contribution in [0.4, 0.5) is 0 Å². The number of ketones is 1. The SMILES string of the molecule is CCc1nc(C(=O)c2cc(C)c(Cl)nn2)sc1C#CCO[Si](C)(C)C(C)(C)C. The Morgan fingerprint density at radius 3 is 2.57 bits per heavy atom. The number of hydrogen-bond acceptors (Lipinski definition) is 6. The number of aryl methyl sites for hydroxylation is 2. The first kappa shape index (κ1) is 22.7. The lowest BCUT2D eigenvalue weighted by Crippen LogP contribution is -2.40. The number of nitrogens with zero attached hydrogens (tertiary/aromatic N) is 3. The van der Waals surface area contributed by atoms with Gasteiger partial charge in [-0.05, 0) is 43.1 Å². The molecule has 0 N–H and O–H groups in total. The molecule has 0 saturated heterocycles. The van der Waals surface area contributed by atoms with Gasteiger partial charge in [-0.3, -0.25) is 4.79 Å². The summed E-state index contributed by atoms with van der Waals surface area (Å²) in [5.41, 5.74) is 1.75. The normalized spacial score (nSPS) is 11.9. The van der Waals surface area contributed by atoms with E-state index in [1.54, 1.807) is 13.0 Å². The lowest BCUT2D eigenvalue weighted by Gasteiger charge is -2.35. The predicted octanol–water partition coefficient (Wildman–Crippen LogP) is 5.06. The summed E-state index contributed by atoms with van der Waals surface area (Å²) in [5, 5.41) is 8.50. The van der Waals surface area contributed by atoms with E-state index in [0.29, 0.717) is 28.8 Å². The Hall–Kier alpha value is -1.59. The quantitative estimate of drug-likeness (QED) is 0.373. The van der Waals surface area contributed by atoms with Gasteiger partial charge in [0.1, 0.15) is 10.6 Å². The molecular weight excluding hydrogens is 410 g/mol. The van der Waals surface area contributed by atoms with E-state index < -0.39 is 8.32 Å². The molecule has 0 bridgehead atoms. The van der Waals surface area contributed by atoms with Crippen LogP contribution in [0.25, 0.3) is 0 Å². The van der Waals surface area contributed by atoms with Crippen LogP contribution < -0.4 is 0 Å². The number of rotatable bonds is 5. The van der Waals surface area contributed by atoms with Crippen LogP contribution in [0.3, 0.4) is 0 Å². The molecule has 0 aliphatic heterocycles. The van der Waals surface area contributed by atoms with Gasteiger partial charge in [0.05, 0.1) is 12.3 Å². The van der Waals surface area contributed by atoms with Gasteiger partial charge in [0.25, 0.3) is 0 Å². The standard InChI is InChI=1S/C20H26ClN3O2SSi/c1-8-14-16(10-9-11-26-28(6,7)20(3,4)5)27-19(22-14)17(25)15-12-13(2)18(21)24-23-15/h12H,8,11H2,1-7H3. The minimum absolute atomic E-state index is 0.144. The second-order valence-corrected chi connectivity index (χ2v) is 14.2. The second kappa shape index (κ2) is 8.83. The molecule has 0 atom stereocenters. The molecule has 8 heteroatoms. The van der Waals surface area contributed by atoms with Crippen LogP contribution in [0.15, 0.2) is 6.07 Å². The van der Waals surface area contributed by atoms with Crippen LogP contribution in [0.2, 0.25) is 23.3 Å². The summed E-state index contributed by atoms with van der Waals surface area (Å²) in [7, 11) is -1.83. The largest absolute Gasteiger partial charge is 0.406 e. The van der Waals surface area contributed by atoms with Crippen LogP contribution >= 0.6 is 22.9 Å². The summed E-state index contributed by atoms with van der Waals surface area (Å²) in [6.45, 7) is 15.1. The van der Waals surface area contributed by atoms with Crippen LogP contribution in [-0.4, -0.2) is 35.9 Å². The van der Waals surface area contributed by atoms with Crippen molar-refractivity contribution in [1.82, 2.24) is 15.2 Å². The fourth-order valence-corrected chi connectivity index (χ4v) is 3.96. The molecule has 2 aromatic rings. The van der Waals surface area contributed by atoms with Gasteiger partial charge in [0, 0.05) is 0 Å². The number of carbonyl (C=O) groups is 1. The minimum Gasteiger partial charge on any atom is -0.406 e. The fraction of sp³-hybridized carbons (Fsp3) is 0.500. The molecule has 0 unspecified atom stereocenters. The highest BCUT2D eigenvalue weighted by atomic mass is 35.5. The van der Waals surface area contributed by atoms with E-state index in [4.69, 9.17) is 16.0 Å². The molecule has 28 heavy (non-hydrogen) atoms. The van der Waals surface area contributed by atoms with Crippen molar-refractivity contribution < 1.29 is 9.22 Å². The summed E-state index contributed by atoms with van der Waals surface area (Å²) in [6, 6.07) is 1.63. The minimum atomic E-state index is -1.83. The smallest absolute Gasteiger partial charge is 0.241 e. The number of thiazole rings is 1. The summed E-state index contributed by atoms with van der Waals surface area (Å²) in [5.74, 6) is 5.95. The monoisotopic (exact) mass is 435 g/mol. The third kappa shape index (κ3) is 5.26. The van der Waals surface area contributed by atoms with E-state index in [9.17, 15) is 4.79 Å². The molecule has 0 aromatic carbocycles. The highest BCUT2D eigenvalue weighted by molar-refractivity contribution is 7.14. The first-order valence-corrected chi connectivity index (χ1v) is 13.2. The lowest BCUT2D eigenvalue weighted by molar-refractivity contribution is 0.103. The Morgan fingerprint density at radius 2 is 2.00 bits per heavy atom. The zero-order valence-electron chi connectivity index (χ0n) is 17.4. The van der Waals surface area contributed by atoms with E-state index in [1.165, 1.54) is 11.3 Å². The van der Waals surface area contributed by atoms with E-state index in [-0.39, 0.29) is 16.5 Å². The number of hydrogen-bond donors (Lipinski definition) is 0. The van der Waals surface area contributed by atoms with E-state index in [0.717, 1.165) is 10.6 Å². The summed E-state index contributed by atoms with van der Waals surface area (Å²) in [6.07, 6.45) is 0.697. The van der Waals surface area contributed by atoms with E-state index >= 15 is 0 Å². The Morgan fingerprint density at radius 1 is 1.32 bits per heavy atom. The molecule has 0 amide bonds. The van der Waals surface area contributed by atoms with Crippen LogP contribution in [0, 0.1) is 18.8 Å². The van der Waals surface area contributed by atoms with E-state index in [1.807, 2.05) is 6.92 Å². The van der Waals surface area contributed by atoms with Crippen molar-refractivity contribution in [3.05, 3.63) is 38.1 Å². The molecular formula is C20H26ClN3O2SSi. The molecule has 2 heterocycles. The van der Waals surface area contributed by atoms with Gasteiger partial charge < -0.3 is 4.43 Å². The lowest BCUT2D eigenvalue weighted by atomic mass is 10.2. The average molecular weight is 436 g/mol. The average Bonchev–Trinajstić information content (AvgIpc) is 3.02. The number of aromatic nitrogens is 3. The maximum absolute atomic E-state index is 12.7. The van der Waals surface area contributed by atoms with Crippen LogP contribution in [-0.2, 0) is 10.8 Å². The van der Waals surface area contributed by atoms with E-state index in [2.05, 4.69) is 60.9 Å². The fourth-order valence-electron chi connectivity index (χ4n) is 2.03. The van der Waals surface area contributed by atoms with Crippen molar-refractivity contribution in [3.63, 3.8) is 0 Å². The maximum Gasteiger partial charge on any atom is 0.241 e. The molecule has 0 radical (unpaired) electrons. The Balaban J connectivity index is 2.19. The number of halogens is 1. The topological polar surface area (TPSA) is 65.0 Å². The molecule has 2 rings (SSSR count). The van der Waals surface area contributed by atoms with Gasteiger partial charge in [-0.15, -0.1) is 21.5 Å². The molecule has 150 valence electrons. The summed E-state index contributed by atoms with van der Waals surface area (Å²) >= 11 is 7.17. The number of carbonyl (C=O) groups excluding carboxylic acids is 1. The van der Waals surface area contributed by atoms with Gasteiger partial charge >= 0.3 is 0 Å². The molecule has 0 fully saturated rings. The summed E-state index contributed by atoms with van der Waals surface area (Å²) in [4.78, 5) is 18.0. The van der Waals surface area contributed by atoms with Crippen molar-refractivity contribution >= 4 is 37.0 Å². The highest BCUT2D eigenvalue weighted by Gasteiger charge is 2.36. The molecule has 0 saturated carbocycles.